The second kappa shape index (κ2) is 11.2. The van der Waals surface area contributed by atoms with Crippen LogP contribution in [-0.4, -0.2) is 88.7 Å². The normalized spacial score (nSPS) is 6.10. The fourth-order valence-electron chi connectivity index (χ4n) is 0.534. The zero-order valence-electron chi connectivity index (χ0n) is 4.39. The van der Waals surface area contributed by atoms with Crippen LogP contribution in [0, 0.1) is 6.92 Å². The average Bonchev–Trinajstić information content (AvgIpc) is 1.69. The van der Waals surface area contributed by atoms with Crippen LogP contribution in [-0.2, 0) is 0 Å². The van der Waals surface area contributed by atoms with Gasteiger partial charge in [0.15, 0.2) is 0 Å². The van der Waals surface area contributed by atoms with Crippen molar-refractivity contribution in [3.63, 3.8) is 0 Å². The molecule has 10 heavy (non-hydrogen) atoms. The van der Waals surface area contributed by atoms with E-state index in [1.54, 1.807) is 0 Å². The zero-order valence-corrected chi connectivity index (χ0v) is 4.39. The van der Waals surface area contributed by atoms with E-state index >= 15 is 0 Å². The third kappa shape index (κ3) is 8.32. The maximum atomic E-state index is 2.08. The molecule has 42 valence electrons. The molecule has 3 heteroatoms. The number of rotatable bonds is 0. The van der Waals surface area contributed by atoms with Crippen LogP contribution in [0.15, 0.2) is 30.3 Å². The summed E-state index contributed by atoms with van der Waals surface area (Å²) in [4.78, 5) is 0. The fourth-order valence-corrected chi connectivity index (χ4v) is 0.534. The van der Waals surface area contributed by atoms with Gasteiger partial charge in [-0.3, -0.25) is 0 Å². The third-order valence-corrected chi connectivity index (χ3v) is 0.940. The SMILES string of the molecule is Cc1ccccc1.[NaH].[NaH].[NaH]. The first-order chi connectivity index (χ1) is 3.39. The van der Waals surface area contributed by atoms with Crippen molar-refractivity contribution < 1.29 is 0 Å². The van der Waals surface area contributed by atoms with Crippen molar-refractivity contribution in [3.8, 4) is 0 Å². The summed E-state index contributed by atoms with van der Waals surface area (Å²) in [7, 11) is 0. The minimum absolute atomic E-state index is 0. The van der Waals surface area contributed by atoms with E-state index < -0.39 is 0 Å². The van der Waals surface area contributed by atoms with Gasteiger partial charge in [-0.2, -0.15) is 0 Å². The van der Waals surface area contributed by atoms with Crippen molar-refractivity contribution in [3.05, 3.63) is 35.9 Å². The van der Waals surface area contributed by atoms with Crippen molar-refractivity contribution in [2.24, 2.45) is 0 Å². The Kier molecular flexibility index (Phi) is 20.3. The van der Waals surface area contributed by atoms with Crippen molar-refractivity contribution in [1.82, 2.24) is 0 Å². The molecule has 0 aliphatic carbocycles. The van der Waals surface area contributed by atoms with Crippen LogP contribution in [0.4, 0.5) is 0 Å². The molecular formula is C7H11Na3. The molecule has 0 aliphatic rings. The van der Waals surface area contributed by atoms with E-state index in [0.29, 0.717) is 0 Å². The van der Waals surface area contributed by atoms with Crippen LogP contribution in [0.1, 0.15) is 5.56 Å². The summed E-state index contributed by atoms with van der Waals surface area (Å²) in [6.45, 7) is 2.08. The van der Waals surface area contributed by atoms with Gasteiger partial charge < -0.3 is 0 Å². The predicted molar refractivity (Wildman–Crippen MR) is 52.6 cm³/mol. The fraction of sp³-hybridized carbons (Fsp3) is 0.143. The number of hydrogen-bond donors (Lipinski definition) is 0. The van der Waals surface area contributed by atoms with Crippen LogP contribution < -0.4 is 0 Å². The molecule has 0 saturated heterocycles. The van der Waals surface area contributed by atoms with Crippen molar-refractivity contribution >= 4 is 88.7 Å². The maximum absolute atomic E-state index is 2.08. The summed E-state index contributed by atoms with van der Waals surface area (Å²) in [6.07, 6.45) is 0. The summed E-state index contributed by atoms with van der Waals surface area (Å²) in [5.41, 5.74) is 1.32. The van der Waals surface area contributed by atoms with Gasteiger partial charge in [0.05, 0.1) is 0 Å². The molecule has 0 heterocycles. The molecule has 1 aromatic carbocycles. The molecule has 0 aromatic heterocycles. The second-order valence-corrected chi connectivity index (χ2v) is 1.65. The molecule has 0 aliphatic heterocycles. The summed E-state index contributed by atoms with van der Waals surface area (Å²) >= 11 is 0. The number of aryl methyl sites for hydroxylation is 1. The summed E-state index contributed by atoms with van der Waals surface area (Å²) in [6, 6.07) is 10.3. The molecular weight excluding hydrogens is 153 g/mol. The first kappa shape index (κ1) is 18.1. The molecule has 0 fully saturated rings. The van der Waals surface area contributed by atoms with E-state index in [2.05, 4.69) is 19.1 Å². The van der Waals surface area contributed by atoms with E-state index in [1.807, 2.05) is 18.2 Å². The van der Waals surface area contributed by atoms with Gasteiger partial charge in [0.25, 0.3) is 0 Å². The van der Waals surface area contributed by atoms with Crippen molar-refractivity contribution in [2.75, 3.05) is 0 Å². The molecule has 1 rings (SSSR count). The van der Waals surface area contributed by atoms with Crippen molar-refractivity contribution in [2.45, 2.75) is 6.92 Å². The molecule has 0 saturated carbocycles. The van der Waals surface area contributed by atoms with Crippen LogP contribution >= 0.6 is 0 Å². The van der Waals surface area contributed by atoms with Gasteiger partial charge in [-0.25, -0.2) is 0 Å². The van der Waals surface area contributed by atoms with Gasteiger partial charge in [0.1, 0.15) is 0 Å². The summed E-state index contributed by atoms with van der Waals surface area (Å²) < 4.78 is 0. The third-order valence-electron chi connectivity index (χ3n) is 0.940. The van der Waals surface area contributed by atoms with Crippen LogP contribution in [0.3, 0.4) is 0 Å². The van der Waals surface area contributed by atoms with Gasteiger partial charge in [-0.05, 0) is 6.92 Å². The van der Waals surface area contributed by atoms with E-state index in [-0.39, 0.29) is 88.7 Å². The standard InChI is InChI=1S/C7H8.3Na.3H/c1-7-5-3-2-4-6-7;;;;;;/h2-6H,1H3;;;;;;. The van der Waals surface area contributed by atoms with E-state index in [9.17, 15) is 0 Å². The molecule has 0 N–H and O–H groups in total. The van der Waals surface area contributed by atoms with Crippen molar-refractivity contribution in [1.29, 1.82) is 0 Å². The Bertz CT molecular complexity index is 139. The van der Waals surface area contributed by atoms with Crippen LogP contribution in [0.5, 0.6) is 0 Å². The molecule has 0 nitrogen and oxygen atoms in total. The Labute approximate surface area is 129 Å². The Balaban J connectivity index is -0.000000163. The quantitative estimate of drug-likeness (QED) is 0.475. The van der Waals surface area contributed by atoms with Crippen LogP contribution in [0.2, 0.25) is 0 Å². The van der Waals surface area contributed by atoms with Gasteiger partial charge >= 0.3 is 88.7 Å². The first-order valence-corrected chi connectivity index (χ1v) is 2.41. The molecule has 0 bridgehead atoms. The number of hydrogen-bond acceptors (Lipinski definition) is 0. The van der Waals surface area contributed by atoms with E-state index in [1.165, 1.54) is 5.56 Å². The Morgan fingerprint density at radius 2 is 1.20 bits per heavy atom. The molecule has 0 amide bonds. The molecule has 0 radical (unpaired) electrons. The minimum atomic E-state index is 0. The van der Waals surface area contributed by atoms with Gasteiger partial charge in [-0.1, -0.05) is 35.9 Å². The molecule has 1 aromatic rings. The van der Waals surface area contributed by atoms with Gasteiger partial charge in [0.2, 0.25) is 0 Å². The van der Waals surface area contributed by atoms with E-state index in [4.69, 9.17) is 0 Å². The average molecular weight is 164 g/mol. The van der Waals surface area contributed by atoms with Gasteiger partial charge in [-0.15, -0.1) is 0 Å². The molecule has 0 spiro atoms. The predicted octanol–water partition coefficient (Wildman–Crippen LogP) is 0.0495. The van der Waals surface area contributed by atoms with E-state index in [0.717, 1.165) is 0 Å². The monoisotopic (exact) mass is 164 g/mol. The number of benzene rings is 1. The second-order valence-electron chi connectivity index (χ2n) is 1.65. The topological polar surface area (TPSA) is 0 Å². The zero-order chi connectivity index (χ0) is 5.11. The Morgan fingerprint density at radius 3 is 1.40 bits per heavy atom. The molecule has 0 unspecified atom stereocenters. The first-order valence-electron chi connectivity index (χ1n) is 2.41. The van der Waals surface area contributed by atoms with Gasteiger partial charge in [0, 0.05) is 0 Å². The Hall–Kier alpha value is 2.22. The summed E-state index contributed by atoms with van der Waals surface area (Å²) in [5.74, 6) is 0. The summed E-state index contributed by atoms with van der Waals surface area (Å²) in [5, 5.41) is 0. The molecule has 0 atom stereocenters. The van der Waals surface area contributed by atoms with Crippen LogP contribution in [0.25, 0.3) is 0 Å². The Morgan fingerprint density at radius 1 is 0.800 bits per heavy atom.